The van der Waals surface area contributed by atoms with Gasteiger partial charge >= 0.3 is 15.0 Å². The lowest BCUT2D eigenvalue weighted by molar-refractivity contribution is -0.142. The second-order valence-electron chi connectivity index (χ2n) is 2.46. The predicted octanol–water partition coefficient (Wildman–Crippen LogP) is 0.613. The van der Waals surface area contributed by atoms with Gasteiger partial charge in [-0.2, -0.15) is 12.6 Å². The van der Waals surface area contributed by atoms with E-state index in [0.717, 1.165) is 0 Å². The summed E-state index contributed by atoms with van der Waals surface area (Å²) in [6.45, 7) is 1.83. The molecule has 0 amide bonds. The lowest BCUT2D eigenvalue weighted by Crippen LogP contribution is -2.49. The van der Waals surface area contributed by atoms with Crippen molar-refractivity contribution in [2.24, 2.45) is 0 Å². The fourth-order valence-electron chi connectivity index (χ4n) is 0.733. The Kier molecular flexibility index (Phi) is 6.37. The Hall–Kier alpha value is -0.0831. The quantitative estimate of drug-likeness (QED) is 0.544. The summed E-state index contributed by atoms with van der Waals surface area (Å²) in [5, 5.41) is -0.484. The van der Waals surface area contributed by atoms with Gasteiger partial charge < -0.3 is 17.7 Å². The molecule has 0 heterocycles. The molecule has 0 aromatic rings. The van der Waals surface area contributed by atoms with Crippen LogP contribution in [-0.2, 0) is 22.5 Å². The van der Waals surface area contributed by atoms with E-state index in [9.17, 15) is 4.79 Å². The Morgan fingerprint density at radius 1 is 1.29 bits per heavy atom. The maximum absolute atomic E-state index is 11.4. The first-order chi connectivity index (χ1) is 6.55. The highest BCUT2D eigenvalue weighted by molar-refractivity contribution is 7.81. The molecule has 7 heteroatoms. The second kappa shape index (κ2) is 6.41. The Labute approximate surface area is 90.6 Å². The summed E-state index contributed by atoms with van der Waals surface area (Å²) in [7, 11) is 0.843. The molecule has 84 valence electrons. The molecule has 14 heavy (non-hydrogen) atoms. The molecular weight excluding hydrogens is 224 g/mol. The normalized spacial score (nSPS) is 13.8. The van der Waals surface area contributed by atoms with E-state index < -0.39 is 20.3 Å². The van der Waals surface area contributed by atoms with Crippen LogP contribution in [0.3, 0.4) is 0 Å². The molecule has 0 aliphatic rings. The molecule has 5 nitrogen and oxygen atoms in total. The highest BCUT2D eigenvalue weighted by Gasteiger charge is 2.47. The molecule has 0 spiro atoms. The molecule has 0 aromatic heterocycles. The highest BCUT2D eigenvalue weighted by atomic mass is 32.1. The van der Waals surface area contributed by atoms with E-state index >= 15 is 0 Å². The van der Waals surface area contributed by atoms with Gasteiger partial charge in [0.05, 0.1) is 5.25 Å². The van der Waals surface area contributed by atoms with Crippen LogP contribution in [0, 0.1) is 0 Å². The summed E-state index contributed by atoms with van der Waals surface area (Å²) in [5.74, 6) is -0.493. The van der Waals surface area contributed by atoms with E-state index in [2.05, 4.69) is 12.6 Å². The third kappa shape index (κ3) is 3.58. The molecule has 1 atom stereocenters. The van der Waals surface area contributed by atoms with Gasteiger partial charge in [-0.1, -0.05) is 6.92 Å². The Bertz CT molecular complexity index is 177. The largest absolute Gasteiger partial charge is 0.750 e. The van der Waals surface area contributed by atoms with Crippen LogP contribution in [0.2, 0.25) is 0 Å². The van der Waals surface area contributed by atoms with Crippen LogP contribution in [0.25, 0.3) is 0 Å². The molecule has 0 saturated heterocycles. The van der Waals surface area contributed by atoms with Crippen molar-refractivity contribution in [2.75, 3.05) is 21.3 Å². The molecule has 0 fully saturated rings. The van der Waals surface area contributed by atoms with Gasteiger partial charge in [0.25, 0.3) is 0 Å². The van der Waals surface area contributed by atoms with E-state index in [0.29, 0.717) is 6.42 Å². The fourth-order valence-corrected chi connectivity index (χ4v) is 2.02. The third-order valence-corrected chi connectivity index (χ3v) is 4.16. The topological polar surface area (TPSA) is 54.0 Å². The number of hydrogen-bond donors (Lipinski definition) is 1. The number of carbonyl (C=O) groups is 1. The fraction of sp³-hybridized carbons (Fsp3) is 0.857. The lowest BCUT2D eigenvalue weighted by Gasteiger charge is -2.23. The predicted molar refractivity (Wildman–Crippen MR) is 55.9 cm³/mol. The van der Waals surface area contributed by atoms with Crippen molar-refractivity contribution >= 4 is 27.6 Å². The van der Waals surface area contributed by atoms with Gasteiger partial charge in [-0.25, -0.2) is 0 Å². The van der Waals surface area contributed by atoms with Gasteiger partial charge in [0.1, 0.15) is 0 Å². The van der Waals surface area contributed by atoms with E-state index in [1.165, 1.54) is 21.3 Å². The lowest BCUT2D eigenvalue weighted by atomic mass is 10.3. The van der Waals surface area contributed by atoms with Gasteiger partial charge in [-0.05, 0) is 6.42 Å². The first kappa shape index (κ1) is 13.9. The zero-order chi connectivity index (χ0) is 11.2. The minimum Gasteiger partial charge on any atom is -0.451 e. The van der Waals surface area contributed by atoms with Crippen molar-refractivity contribution in [1.82, 2.24) is 0 Å². The Morgan fingerprint density at radius 2 is 1.71 bits per heavy atom. The molecule has 0 N–H and O–H groups in total. The monoisotopic (exact) mass is 240 g/mol. The Morgan fingerprint density at radius 3 is 2.00 bits per heavy atom. The van der Waals surface area contributed by atoms with Gasteiger partial charge in [0.2, 0.25) is 0 Å². The van der Waals surface area contributed by atoms with Crippen LogP contribution in [0.4, 0.5) is 0 Å². The number of hydrogen-bond acceptors (Lipinski definition) is 6. The zero-order valence-corrected chi connectivity index (χ0v) is 10.7. The molecule has 0 saturated carbocycles. The molecule has 0 aromatic carbocycles. The van der Waals surface area contributed by atoms with Crippen molar-refractivity contribution in [2.45, 2.75) is 18.6 Å². The summed E-state index contributed by atoms with van der Waals surface area (Å²) in [4.78, 5) is 11.4. The smallest absolute Gasteiger partial charge is 0.451 e. The van der Waals surface area contributed by atoms with Crippen LogP contribution >= 0.6 is 12.6 Å². The molecule has 0 aliphatic carbocycles. The molecule has 0 radical (unpaired) electrons. The van der Waals surface area contributed by atoms with Crippen LogP contribution < -0.4 is 0 Å². The summed E-state index contributed by atoms with van der Waals surface area (Å²) < 4.78 is 19.8. The van der Waals surface area contributed by atoms with Crippen LogP contribution in [-0.4, -0.2) is 41.6 Å². The Balaban J connectivity index is 4.37. The SMILES string of the molecule is CCC(S)C(=O)O[Si](OC)(OC)OC. The minimum atomic E-state index is -3.26. The highest BCUT2D eigenvalue weighted by Crippen LogP contribution is 2.12. The van der Waals surface area contributed by atoms with Crippen LogP contribution in [0.5, 0.6) is 0 Å². The van der Waals surface area contributed by atoms with Gasteiger partial charge in [0, 0.05) is 21.3 Å². The molecular formula is C7H16O5SSi. The summed E-state index contributed by atoms with van der Waals surface area (Å²) in [5.41, 5.74) is 0. The summed E-state index contributed by atoms with van der Waals surface area (Å²) >= 11 is 4.03. The van der Waals surface area contributed by atoms with E-state index in [4.69, 9.17) is 17.7 Å². The van der Waals surface area contributed by atoms with Crippen molar-refractivity contribution in [3.05, 3.63) is 0 Å². The average molecular weight is 240 g/mol. The maximum Gasteiger partial charge on any atom is 0.750 e. The number of carbonyl (C=O) groups excluding carboxylic acids is 1. The second-order valence-corrected chi connectivity index (χ2v) is 5.51. The molecule has 0 aliphatic heterocycles. The van der Waals surface area contributed by atoms with Crippen molar-refractivity contribution < 1.29 is 22.5 Å². The molecule has 0 rings (SSSR count). The number of thiol groups is 1. The van der Waals surface area contributed by atoms with Crippen molar-refractivity contribution in [1.29, 1.82) is 0 Å². The van der Waals surface area contributed by atoms with Crippen LogP contribution in [0.15, 0.2) is 0 Å². The van der Waals surface area contributed by atoms with Crippen molar-refractivity contribution in [3.8, 4) is 0 Å². The summed E-state index contributed by atoms with van der Waals surface area (Å²) in [6, 6.07) is 0. The minimum absolute atomic E-state index is 0.484. The summed E-state index contributed by atoms with van der Waals surface area (Å²) in [6.07, 6.45) is 0.573. The first-order valence-corrected chi connectivity index (χ1v) is 6.26. The average Bonchev–Trinajstić information content (AvgIpc) is 2.24. The number of rotatable bonds is 6. The standard InChI is InChI=1S/C7H16O5SSi/c1-5-6(13)7(8)12-14(9-2,10-3)11-4/h6,13H,5H2,1-4H3. The van der Waals surface area contributed by atoms with E-state index in [-0.39, 0.29) is 0 Å². The molecule has 1 unspecified atom stereocenters. The van der Waals surface area contributed by atoms with Gasteiger partial charge in [-0.15, -0.1) is 0 Å². The van der Waals surface area contributed by atoms with Gasteiger partial charge in [-0.3, -0.25) is 4.79 Å². The first-order valence-electron chi connectivity index (χ1n) is 4.11. The van der Waals surface area contributed by atoms with E-state index in [1.54, 1.807) is 0 Å². The van der Waals surface area contributed by atoms with E-state index in [1.807, 2.05) is 6.92 Å². The molecule has 0 bridgehead atoms. The zero-order valence-electron chi connectivity index (χ0n) is 8.77. The third-order valence-electron chi connectivity index (χ3n) is 1.63. The van der Waals surface area contributed by atoms with Gasteiger partial charge in [0.15, 0.2) is 0 Å². The van der Waals surface area contributed by atoms with Crippen molar-refractivity contribution in [3.63, 3.8) is 0 Å². The maximum atomic E-state index is 11.4. The van der Waals surface area contributed by atoms with Crippen LogP contribution in [0.1, 0.15) is 13.3 Å².